The third-order valence-corrected chi connectivity index (χ3v) is 68.8. The number of rotatable bonds is 53. The van der Waals surface area contributed by atoms with Crippen molar-refractivity contribution in [3.63, 3.8) is 0 Å². The van der Waals surface area contributed by atoms with E-state index in [2.05, 4.69) is 396 Å². The van der Waals surface area contributed by atoms with Gasteiger partial charge < -0.3 is 59.4 Å². The highest BCUT2D eigenvalue weighted by molar-refractivity contribution is 6.99. The molecule has 0 aliphatic carbocycles. The Morgan fingerprint density at radius 2 is 1.00 bits per heavy atom. The summed E-state index contributed by atoms with van der Waals surface area (Å²) in [6.07, 6.45) is 13.4. The fourth-order valence-electron chi connectivity index (χ4n) is 20.4. The van der Waals surface area contributed by atoms with Gasteiger partial charge in [0.25, 0.3) is 8.32 Å². The number of hydrogen-bond donors (Lipinski definition) is 0. The molecule has 10 atom stereocenters. The van der Waals surface area contributed by atoms with E-state index in [1.807, 2.05) is 7.11 Å². The second-order valence-corrected chi connectivity index (χ2v) is 88.5. The van der Waals surface area contributed by atoms with Crippen LogP contribution in [0.15, 0.2) is 126 Å². The lowest BCUT2D eigenvalue weighted by molar-refractivity contribution is -0.362. The minimum atomic E-state index is -2.91. The van der Waals surface area contributed by atoms with Gasteiger partial charge in [0.15, 0.2) is 39.1 Å². The monoisotopic (exact) mass is 1920 g/mol. The maximum Gasteiger partial charge on any atom is 0.261 e. The molecule has 5 rings (SSSR count). The molecule has 21 heteroatoms. The summed E-state index contributed by atoms with van der Waals surface area (Å²) in [6.45, 7) is 100. The van der Waals surface area contributed by atoms with Crippen molar-refractivity contribution in [2.24, 2.45) is 10.8 Å². The van der Waals surface area contributed by atoms with Crippen LogP contribution in [0.5, 0.6) is 0 Å². The average Bonchev–Trinajstić information content (AvgIpc) is 0.740. The predicted octanol–water partition coefficient (Wildman–Crippen LogP) is 30.3. The van der Waals surface area contributed by atoms with Crippen LogP contribution in [0.25, 0.3) is 0 Å². The van der Waals surface area contributed by atoms with Gasteiger partial charge >= 0.3 is 0 Å². The lowest BCUT2D eigenvalue weighted by Gasteiger charge is -2.56. The molecule has 1 unspecified atom stereocenters. The maximum absolute atomic E-state index is 8.19. The van der Waals surface area contributed by atoms with E-state index in [4.69, 9.17) is 59.4 Å². The highest BCUT2D eigenvalue weighted by Gasteiger charge is 2.60. The normalized spacial score (nSPS) is 21.0. The number of benzene rings is 3. The summed E-state index contributed by atoms with van der Waals surface area (Å²) in [5.41, 5.74) is 5.18. The molecule has 736 valence electrons. The zero-order chi connectivity index (χ0) is 97.1. The Morgan fingerprint density at radius 3 is 1.45 bits per heavy atom. The quantitative estimate of drug-likeness (QED) is 0.0231. The van der Waals surface area contributed by atoms with Gasteiger partial charge in [-0.15, -0.1) is 0 Å². The van der Waals surface area contributed by atoms with Crippen LogP contribution in [0, 0.1) is 10.8 Å². The van der Waals surface area contributed by atoms with Crippen molar-refractivity contribution in [2.75, 3.05) is 40.3 Å². The van der Waals surface area contributed by atoms with E-state index in [1.165, 1.54) is 21.5 Å². The lowest BCUT2D eigenvalue weighted by Crippen LogP contribution is -2.66. The minimum absolute atomic E-state index is 0.000599. The second kappa shape index (κ2) is 48.6. The lowest BCUT2D eigenvalue weighted by atomic mass is 9.70. The van der Waals surface area contributed by atoms with Crippen LogP contribution < -0.4 is 10.4 Å². The van der Waals surface area contributed by atoms with Gasteiger partial charge in [-0.05, 0) is 178 Å². The van der Waals surface area contributed by atoms with Crippen molar-refractivity contribution < 1.29 is 59.4 Å². The fraction of sp³-hybridized carbons (Fsp3) is 0.776. The van der Waals surface area contributed by atoms with Gasteiger partial charge in [-0.3, -0.25) is 0 Å². The first-order chi connectivity index (χ1) is 58.9. The van der Waals surface area contributed by atoms with Crippen molar-refractivity contribution in [1.29, 1.82) is 0 Å². The van der Waals surface area contributed by atoms with E-state index in [-0.39, 0.29) is 81.9 Å². The van der Waals surface area contributed by atoms with E-state index in [1.54, 1.807) is 0 Å². The average molecular weight is 1920 g/mol. The molecule has 0 amide bonds. The predicted molar refractivity (Wildman–Crippen MR) is 568 cm³/mol. The number of hydrogen-bond acceptors (Lipinski definition) is 13. The highest BCUT2D eigenvalue weighted by Crippen LogP contribution is 2.54. The molecule has 0 bridgehead atoms. The molecular formula is C107H198O13Si8. The second-order valence-electron chi connectivity index (χ2n) is 48.7. The Kier molecular flexibility index (Phi) is 44.3. The molecule has 0 aromatic heterocycles. The zero-order valence-electron chi connectivity index (χ0n) is 90.4. The molecule has 0 spiro atoms. The van der Waals surface area contributed by atoms with Crippen LogP contribution in [-0.2, 0) is 66.0 Å². The molecule has 0 N–H and O–H groups in total. The smallest absolute Gasteiger partial charge is 0.261 e. The molecular weight excluding hydrogens is 1720 g/mol. The minimum Gasteiger partial charge on any atom is -0.414 e. The van der Waals surface area contributed by atoms with E-state index in [0.29, 0.717) is 118 Å². The van der Waals surface area contributed by atoms with Gasteiger partial charge in [0.2, 0.25) is 16.6 Å². The Bertz CT molecular complexity index is 3690. The zero-order valence-corrected chi connectivity index (χ0v) is 98.4. The summed E-state index contributed by atoms with van der Waals surface area (Å²) in [5, 5.41) is 2.23. The molecule has 3 aromatic rings. The molecule has 0 radical (unpaired) electrons. The Hall–Kier alpha value is -1.90. The molecule has 0 saturated carbocycles. The van der Waals surface area contributed by atoms with E-state index in [9.17, 15) is 0 Å². The van der Waals surface area contributed by atoms with Gasteiger partial charge in [0.1, 0.15) is 6.79 Å². The van der Waals surface area contributed by atoms with Crippen LogP contribution >= 0.6 is 0 Å². The summed E-state index contributed by atoms with van der Waals surface area (Å²) in [6, 6.07) is 36.8. The summed E-state index contributed by atoms with van der Waals surface area (Å²) in [5.74, 6) is -1.17. The Morgan fingerprint density at radius 1 is 0.531 bits per heavy atom. The van der Waals surface area contributed by atoms with E-state index < -0.39 is 82.9 Å². The summed E-state index contributed by atoms with van der Waals surface area (Å²) < 4.78 is 98.2. The summed E-state index contributed by atoms with van der Waals surface area (Å²) in [4.78, 5) is 0. The van der Waals surface area contributed by atoms with Crippen LogP contribution in [0.1, 0.15) is 285 Å². The van der Waals surface area contributed by atoms with E-state index in [0.717, 1.165) is 36.2 Å². The van der Waals surface area contributed by atoms with Gasteiger partial charge in [-0.2, -0.15) is 0 Å². The standard InChI is InChI=1S/C107H198O13Si8/c1-43-125(44-2,45-3)120-99(74-90(63-67-113-127(84(10)11,85(12)13)86(14)15)72-94(119-124(41,42)103(23,24)25)76-98(111-80-109-69-70-121(34,35)36)87(16)117-122(37,38)101(17,18)19)105(29,30)65-61-91-71-89(62-66-112-126(81(4)5,82(6)7)83(8)9)73-95(115-91)78-107(108-33)106(31,32)100(110-79-88-55-49-46-50-56-88)77-93(116-107)75-92(118-123(39,40)102(20,21)22)64-68-114-128(104(26,27)28,96-57-51-47-52-58-96)97-59-53-48-54-60-97/h46-63,65,81-87,91-95,98-100H,43-45,64,66-80H2,1-42H3/b65-61+,89-62+,90-63+/t87-,91+,92+,93-,94+,95+,98-,99?,100+,107+/m1/s1. The Labute approximate surface area is 796 Å². The molecule has 2 aliphatic rings. The number of methoxy groups -OCH3 is 1. The van der Waals surface area contributed by atoms with Crippen molar-refractivity contribution in [1.82, 2.24) is 0 Å². The van der Waals surface area contributed by atoms with Crippen LogP contribution in [0.4, 0.5) is 0 Å². The summed E-state index contributed by atoms with van der Waals surface area (Å²) in [7, 11) is -16.5. The molecule has 2 fully saturated rings. The van der Waals surface area contributed by atoms with Gasteiger partial charge in [0.05, 0.1) is 68.7 Å². The molecule has 2 heterocycles. The van der Waals surface area contributed by atoms with E-state index >= 15 is 0 Å². The number of ether oxygens (including phenoxy) is 6. The van der Waals surface area contributed by atoms with Crippen LogP contribution in [-0.4, -0.2) is 167 Å². The molecule has 128 heavy (non-hydrogen) atoms. The SMILES string of the molecule is CC[Si](CC)(CC)OC(C/C(=C/CO[Si](C(C)C)(C(C)C)C(C)C)C[C@@H](C[C@@H](OCOCC[Si](C)(C)C)[C@@H](C)O[Si](C)(C)C(C)(C)C)O[Si](C)(C)C(C)(C)C)C(C)(C)/C=C/[C@H]1C/C(=C\CO[Si](C(C)C)(C(C)C)C(C)C)C[C@@H](C[C@]2(OC)O[C@H](C[C@H](CCO[Si](c3ccccc3)(c3ccccc3)C(C)(C)C)O[Si](C)(C)C(C)(C)C)C[C@H](OCc3ccccc3)C2(C)C)O1. The summed E-state index contributed by atoms with van der Waals surface area (Å²) >= 11 is 0. The molecule has 3 aromatic carbocycles. The first-order valence-corrected chi connectivity index (χ1v) is 71.6. The fourth-order valence-corrected chi connectivity index (χ4v) is 43.6. The maximum atomic E-state index is 8.19. The molecule has 2 saturated heterocycles. The molecule has 2 aliphatic heterocycles. The van der Waals surface area contributed by atoms with Gasteiger partial charge in [0, 0.05) is 64.6 Å². The molecule has 13 nitrogen and oxygen atoms in total. The third kappa shape index (κ3) is 31.0. The topological polar surface area (TPSA) is 120 Å². The first-order valence-electron chi connectivity index (χ1n) is 50.4. The first kappa shape index (κ1) is 117. The van der Waals surface area contributed by atoms with Crippen LogP contribution in [0.3, 0.4) is 0 Å². The van der Waals surface area contributed by atoms with Crippen molar-refractivity contribution in [2.45, 2.75) is 483 Å². The highest BCUT2D eigenvalue weighted by atomic mass is 28.4. The van der Waals surface area contributed by atoms with Crippen molar-refractivity contribution in [3.05, 3.63) is 132 Å². The van der Waals surface area contributed by atoms with Gasteiger partial charge in [-0.25, -0.2) is 0 Å². The van der Waals surface area contributed by atoms with Gasteiger partial charge in [-0.1, -0.05) is 361 Å². The largest absolute Gasteiger partial charge is 0.414 e. The Balaban J connectivity index is 1.78. The van der Waals surface area contributed by atoms with Crippen molar-refractivity contribution >= 4 is 76.7 Å². The van der Waals surface area contributed by atoms with Crippen LogP contribution in [0.2, 0.25) is 136 Å². The third-order valence-electron chi connectivity index (χ3n) is 31.6. The van der Waals surface area contributed by atoms with Crippen molar-refractivity contribution in [3.8, 4) is 0 Å².